The highest BCUT2D eigenvalue weighted by Gasteiger charge is 2.23. The van der Waals surface area contributed by atoms with Gasteiger partial charge in [-0.1, -0.05) is 48.0 Å². The van der Waals surface area contributed by atoms with E-state index in [1.54, 1.807) is 11.3 Å². The van der Waals surface area contributed by atoms with Crippen LogP contribution >= 0.6 is 22.9 Å². The van der Waals surface area contributed by atoms with Crippen molar-refractivity contribution in [3.8, 4) is 11.1 Å². The lowest BCUT2D eigenvalue weighted by atomic mass is 10.1. The highest BCUT2D eigenvalue weighted by molar-refractivity contribution is 7.85. The van der Waals surface area contributed by atoms with Crippen LogP contribution in [0.1, 0.15) is 11.1 Å². The summed E-state index contributed by atoms with van der Waals surface area (Å²) in [5.41, 5.74) is 3.78. The highest BCUT2D eigenvalue weighted by atomic mass is 35.5. The van der Waals surface area contributed by atoms with Gasteiger partial charge < -0.3 is 0 Å². The molecule has 23 heavy (non-hydrogen) atoms. The van der Waals surface area contributed by atoms with Gasteiger partial charge in [0, 0.05) is 11.4 Å². The zero-order chi connectivity index (χ0) is 16.4. The molecule has 1 aliphatic rings. The highest BCUT2D eigenvalue weighted by Crippen LogP contribution is 2.41. The Bertz CT molecular complexity index is 915. The van der Waals surface area contributed by atoms with Crippen LogP contribution in [0.4, 0.5) is 0 Å². The molecular formula is C17H13ClO3S2. The molecule has 118 valence electrons. The summed E-state index contributed by atoms with van der Waals surface area (Å²) in [5.74, 6) is 0. The van der Waals surface area contributed by atoms with Gasteiger partial charge in [0.15, 0.2) is 0 Å². The van der Waals surface area contributed by atoms with Gasteiger partial charge in [-0.25, -0.2) is 0 Å². The van der Waals surface area contributed by atoms with E-state index < -0.39 is 10.1 Å². The fourth-order valence-electron chi connectivity index (χ4n) is 2.54. The minimum atomic E-state index is -4.23. The zero-order valence-corrected chi connectivity index (χ0v) is 14.3. The van der Waals surface area contributed by atoms with Crippen LogP contribution in [-0.4, -0.2) is 13.0 Å². The minimum absolute atomic E-state index is 0.164. The van der Waals surface area contributed by atoms with Crippen molar-refractivity contribution < 1.29 is 13.0 Å². The third-order valence-corrected chi connectivity index (χ3v) is 5.36. The molecule has 0 saturated carbocycles. The van der Waals surface area contributed by atoms with E-state index in [4.69, 9.17) is 16.2 Å². The van der Waals surface area contributed by atoms with Crippen LogP contribution in [0.2, 0.25) is 5.02 Å². The van der Waals surface area contributed by atoms with Crippen molar-refractivity contribution in [1.82, 2.24) is 0 Å². The Labute approximate surface area is 143 Å². The predicted molar refractivity (Wildman–Crippen MR) is 93.8 cm³/mol. The fourth-order valence-corrected chi connectivity index (χ4v) is 3.87. The molecule has 0 bridgehead atoms. The Balaban J connectivity index is 0.000000267. The first-order chi connectivity index (χ1) is 11.0. The molecule has 2 aromatic carbocycles. The van der Waals surface area contributed by atoms with E-state index in [0.29, 0.717) is 11.4 Å². The maximum Gasteiger partial charge on any atom is 0.294 e. The van der Waals surface area contributed by atoms with Gasteiger partial charge in [-0.15, -0.1) is 0 Å². The molecule has 0 saturated heterocycles. The van der Waals surface area contributed by atoms with Crippen molar-refractivity contribution >= 4 is 33.1 Å². The topological polar surface area (TPSA) is 54.4 Å². The van der Waals surface area contributed by atoms with Gasteiger partial charge in [-0.3, -0.25) is 4.55 Å². The lowest BCUT2D eigenvalue weighted by Gasteiger charge is -2.05. The normalized spacial score (nSPS) is 12.1. The Kier molecular flexibility index (Phi) is 4.55. The first-order valence-corrected chi connectivity index (χ1v) is 9.58. The Hall–Kier alpha value is -1.66. The van der Waals surface area contributed by atoms with Crippen LogP contribution in [0, 0.1) is 0 Å². The average molecular weight is 365 g/mol. The van der Waals surface area contributed by atoms with Crippen molar-refractivity contribution in [2.45, 2.75) is 11.3 Å². The zero-order valence-electron chi connectivity index (χ0n) is 11.9. The maximum absolute atomic E-state index is 11.2. The van der Waals surface area contributed by atoms with E-state index in [9.17, 15) is 8.42 Å². The molecule has 1 N–H and O–H groups in total. The molecule has 0 spiro atoms. The third-order valence-electron chi connectivity index (χ3n) is 3.57. The molecule has 1 aromatic heterocycles. The molecule has 1 aliphatic carbocycles. The fraction of sp³-hybridized carbons (Fsp3) is 0.0588. The molecule has 0 amide bonds. The summed E-state index contributed by atoms with van der Waals surface area (Å²) >= 11 is 7.81. The standard InChI is InChI=1S/C13H9ClO3S.C4H4S/c14-13-7-9(18(15,16)17)6-11-10-4-2-1-3-8(10)5-12(11)13;1-2-4-5-3-1/h1-4,6-7H,5H2,(H,15,16,17);1-4H. The molecule has 6 heteroatoms. The van der Waals surface area contributed by atoms with Crippen LogP contribution < -0.4 is 0 Å². The number of thiophene rings is 1. The summed E-state index contributed by atoms with van der Waals surface area (Å²) in [6, 6.07) is 14.5. The SMILES string of the molecule is O=S(=O)(O)c1cc(Cl)c2c(c1)-c1ccccc1C2.c1ccsc1. The molecular weight excluding hydrogens is 352 g/mol. The number of halogens is 1. The van der Waals surface area contributed by atoms with Crippen molar-refractivity contribution in [1.29, 1.82) is 0 Å². The van der Waals surface area contributed by atoms with Crippen molar-refractivity contribution in [3.05, 3.63) is 75.4 Å². The second-order valence-electron chi connectivity index (χ2n) is 5.03. The van der Waals surface area contributed by atoms with Gasteiger partial charge in [0.05, 0.1) is 4.90 Å². The molecule has 0 atom stereocenters. The van der Waals surface area contributed by atoms with Crippen LogP contribution in [0.3, 0.4) is 0 Å². The first kappa shape index (κ1) is 16.2. The lowest BCUT2D eigenvalue weighted by Crippen LogP contribution is -1.99. The lowest BCUT2D eigenvalue weighted by molar-refractivity contribution is 0.483. The van der Waals surface area contributed by atoms with Crippen LogP contribution in [0.15, 0.2) is 64.2 Å². The van der Waals surface area contributed by atoms with Crippen LogP contribution in [0.5, 0.6) is 0 Å². The molecule has 0 unspecified atom stereocenters. The largest absolute Gasteiger partial charge is 0.294 e. The van der Waals surface area contributed by atoms with Gasteiger partial charge in [-0.2, -0.15) is 19.8 Å². The van der Waals surface area contributed by atoms with Crippen molar-refractivity contribution in [2.75, 3.05) is 0 Å². The molecule has 0 aliphatic heterocycles. The summed E-state index contributed by atoms with van der Waals surface area (Å²) in [6.07, 6.45) is 0.691. The van der Waals surface area contributed by atoms with E-state index >= 15 is 0 Å². The maximum atomic E-state index is 11.2. The Morgan fingerprint density at radius 1 is 1.00 bits per heavy atom. The summed E-state index contributed by atoms with van der Waals surface area (Å²) in [5, 5.41) is 4.45. The van der Waals surface area contributed by atoms with E-state index in [-0.39, 0.29) is 4.90 Å². The smallest absolute Gasteiger partial charge is 0.282 e. The summed E-state index contributed by atoms with van der Waals surface area (Å²) in [4.78, 5) is -0.164. The monoisotopic (exact) mass is 364 g/mol. The summed E-state index contributed by atoms with van der Waals surface area (Å²) in [7, 11) is -4.23. The summed E-state index contributed by atoms with van der Waals surface area (Å²) in [6.45, 7) is 0. The quantitative estimate of drug-likeness (QED) is 0.488. The molecule has 3 aromatic rings. The second kappa shape index (κ2) is 6.45. The molecule has 0 fully saturated rings. The molecule has 3 nitrogen and oxygen atoms in total. The number of fused-ring (bicyclic) bond motifs is 3. The van der Waals surface area contributed by atoms with Crippen LogP contribution in [-0.2, 0) is 16.5 Å². The molecule has 4 rings (SSSR count). The predicted octanol–water partition coefficient (Wildman–Crippen LogP) is 4.91. The summed E-state index contributed by atoms with van der Waals surface area (Å²) < 4.78 is 31.5. The van der Waals surface area contributed by atoms with Crippen molar-refractivity contribution in [3.63, 3.8) is 0 Å². The number of hydrogen-bond donors (Lipinski definition) is 1. The van der Waals surface area contributed by atoms with E-state index in [1.165, 1.54) is 12.1 Å². The third kappa shape index (κ3) is 3.48. The number of benzene rings is 2. The van der Waals surface area contributed by atoms with Gasteiger partial charge in [0.25, 0.3) is 10.1 Å². The van der Waals surface area contributed by atoms with Gasteiger partial charge >= 0.3 is 0 Å². The van der Waals surface area contributed by atoms with Crippen molar-refractivity contribution in [2.24, 2.45) is 0 Å². The van der Waals surface area contributed by atoms with E-state index in [0.717, 1.165) is 22.3 Å². The Morgan fingerprint density at radius 3 is 2.30 bits per heavy atom. The van der Waals surface area contributed by atoms with Gasteiger partial charge in [0.1, 0.15) is 0 Å². The molecule has 0 radical (unpaired) electrons. The number of hydrogen-bond acceptors (Lipinski definition) is 3. The first-order valence-electron chi connectivity index (χ1n) is 6.82. The average Bonchev–Trinajstić information content (AvgIpc) is 3.17. The van der Waals surface area contributed by atoms with E-state index in [1.807, 2.05) is 47.2 Å². The Morgan fingerprint density at radius 2 is 1.70 bits per heavy atom. The number of rotatable bonds is 1. The minimum Gasteiger partial charge on any atom is -0.282 e. The van der Waals surface area contributed by atoms with E-state index in [2.05, 4.69) is 0 Å². The van der Waals surface area contributed by atoms with Crippen LogP contribution in [0.25, 0.3) is 11.1 Å². The van der Waals surface area contributed by atoms with Gasteiger partial charge in [-0.05, 0) is 45.1 Å². The van der Waals surface area contributed by atoms with Gasteiger partial charge in [0.2, 0.25) is 0 Å². The molecule has 1 heterocycles. The second-order valence-corrected chi connectivity index (χ2v) is 7.68.